The van der Waals surface area contributed by atoms with Gasteiger partial charge in [-0.25, -0.2) is 0 Å². The number of ether oxygens (including phenoxy) is 2. The minimum atomic E-state index is -0.252. The first-order valence-electron chi connectivity index (χ1n) is 8.48. The molecule has 2 aromatic rings. The standard InChI is InChI=1S/C21H24N2O4/c1-23(21(25)12-9-16-5-4-6-19(13-16)27-3)15-20(24)22-14-17-7-10-18(26-2)11-8-17/h4-13H,14-15H2,1-3H3,(H,22,24)/b12-9+. The zero-order valence-electron chi connectivity index (χ0n) is 15.8. The second-order valence-electron chi connectivity index (χ2n) is 5.93. The summed E-state index contributed by atoms with van der Waals surface area (Å²) in [5.41, 5.74) is 1.80. The van der Waals surface area contributed by atoms with Crippen molar-refractivity contribution in [1.82, 2.24) is 10.2 Å². The van der Waals surface area contributed by atoms with Crippen molar-refractivity contribution in [3.63, 3.8) is 0 Å². The number of amides is 2. The second-order valence-corrected chi connectivity index (χ2v) is 5.93. The van der Waals surface area contributed by atoms with E-state index >= 15 is 0 Å². The van der Waals surface area contributed by atoms with Crippen LogP contribution in [0.25, 0.3) is 6.08 Å². The van der Waals surface area contributed by atoms with Gasteiger partial charge in [0.1, 0.15) is 11.5 Å². The monoisotopic (exact) mass is 368 g/mol. The van der Waals surface area contributed by atoms with Crippen molar-refractivity contribution in [2.45, 2.75) is 6.54 Å². The molecule has 0 saturated heterocycles. The highest BCUT2D eigenvalue weighted by molar-refractivity contribution is 5.94. The highest BCUT2D eigenvalue weighted by atomic mass is 16.5. The molecule has 6 heteroatoms. The lowest BCUT2D eigenvalue weighted by Crippen LogP contribution is -2.37. The van der Waals surface area contributed by atoms with Crippen LogP contribution in [0.15, 0.2) is 54.6 Å². The van der Waals surface area contributed by atoms with E-state index in [0.29, 0.717) is 6.54 Å². The molecule has 0 radical (unpaired) electrons. The summed E-state index contributed by atoms with van der Waals surface area (Å²) in [5, 5.41) is 2.80. The van der Waals surface area contributed by atoms with Gasteiger partial charge in [0, 0.05) is 19.7 Å². The molecule has 0 bridgehead atoms. The van der Waals surface area contributed by atoms with E-state index in [2.05, 4.69) is 5.32 Å². The fourth-order valence-corrected chi connectivity index (χ4v) is 2.33. The molecule has 2 aromatic carbocycles. The van der Waals surface area contributed by atoms with E-state index in [0.717, 1.165) is 22.6 Å². The number of methoxy groups -OCH3 is 2. The van der Waals surface area contributed by atoms with Crippen LogP contribution in [0, 0.1) is 0 Å². The molecule has 0 saturated carbocycles. The Balaban J connectivity index is 1.81. The van der Waals surface area contributed by atoms with Crippen molar-refractivity contribution in [2.24, 2.45) is 0 Å². The summed E-state index contributed by atoms with van der Waals surface area (Å²) < 4.78 is 10.2. The minimum Gasteiger partial charge on any atom is -0.497 e. The molecular formula is C21H24N2O4. The molecular weight excluding hydrogens is 344 g/mol. The molecule has 0 atom stereocenters. The number of carbonyl (C=O) groups is 2. The highest BCUT2D eigenvalue weighted by Crippen LogP contribution is 2.14. The Morgan fingerprint density at radius 1 is 1.04 bits per heavy atom. The molecule has 0 unspecified atom stereocenters. The summed E-state index contributed by atoms with van der Waals surface area (Å²) >= 11 is 0. The van der Waals surface area contributed by atoms with Gasteiger partial charge in [-0.1, -0.05) is 24.3 Å². The van der Waals surface area contributed by atoms with E-state index < -0.39 is 0 Å². The van der Waals surface area contributed by atoms with E-state index in [9.17, 15) is 9.59 Å². The molecule has 0 aliphatic rings. The maximum absolute atomic E-state index is 12.2. The smallest absolute Gasteiger partial charge is 0.246 e. The Hall–Kier alpha value is -3.28. The Kier molecular flexibility index (Phi) is 7.43. The van der Waals surface area contributed by atoms with Crippen molar-refractivity contribution in [3.05, 3.63) is 65.7 Å². The predicted molar refractivity (Wildman–Crippen MR) is 105 cm³/mol. The zero-order valence-corrected chi connectivity index (χ0v) is 15.8. The first kappa shape index (κ1) is 20.0. The van der Waals surface area contributed by atoms with E-state index in [1.807, 2.05) is 48.5 Å². The van der Waals surface area contributed by atoms with Crippen molar-refractivity contribution in [2.75, 3.05) is 27.8 Å². The average molecular weight is 368 g/mol. The van der Waals surface area contributed by atoms with Crippen molar-refractivity contribution >= 4 is 17.9 Å². The molecule has 0 fully saturated rings. The highest BCUT2D eigenvalue weighted by Gasteiger charge is 2.10. The SMILES string of the molecule is COc1ccc(CNC(=O)CN(C)C(=O)/C=C/c2cccc(OC)c2)cc1. The number of nitrogens with zero attached hydrogens (tertiary/aromatic N) is 1. The summed E-state index contributed by atoms with van der Waals surface area (Å²) in [6, 6.07) is 14.8. The first-order valence-corrected chi connectivity index (χ1v) is 8.48. The summed E-state index contributed by atoms with van der Waals surface area (Å²) in [6.07, 6.45) is 3.13. The molecule has 0 heterocycles. The number of hydrogen-bond donors (Lipinski definition) is 1. The molecule has 27 heavy (non-hydrogen) atoms. The number of rotatable bonds is 8. The van der Waals surface area contributed by atoms with Crippen LogP contribution in [0.1, 0.15) is 11.1 Å². The molecule has 0 aliphatic heterocycles. The van der Waals surface area contributed by atoms with Gasteiger partial charge >= 0.3 is 0 Å². The van der Waals surface area contributed by atoms with Gasteiger partial charge in [-0.3, -0.25) is 9.59 Å². The molecule has 2 amide bonds. The second kappa shape index (κ2) is 10.0. The lowest BCUT2D eigenvalue weighted by atomic mass is 10.2. The largest absolute Gasteiger partial charge is 0.497 e. The normalized spacial score (nSPS) is 10.5. The van der Waals surface area contributed by atoms with Gasteiger partial charge in [0.2, 0.25) is 11.8 Å². The zero-order chi connectivity index (χ0) is 19.6. The lowest BCUT2D eigenvalue weighted by Gasteiger charge is -2.15. The maximum Gasteiger partial charge on any atom is 0.246 e. The molecule has 6 nitrogen and oxygen atoms in total. The average Bonchev–Trinajstić information content (AvgIpc) is 2.70. The van der Waals surface area contributed by atoms with Crippen LogP contribution in [0.5, 0.6) is 11.5 Å². The third kappa shape index (κ3) is 6.51. The quantitative estimate of drug-likeness (QED) is 0.727. The molecule has 0 aliphatic carbocycles. The van der Waals surface area contributed by atoms with Crippen LogP contribution in [0.3, 0.4) is 0 Å². The molecule has 0 spiro atoms. The summed E-state index contributed by atoms with van der Waals surface area (Å²) in [4.78, 5) is 25.6. The van der Waals surface area contributed by atoms with Crippen molar-refractivity contribution in [1.29, 1.82) is 0 Å². The number of nitrogens with one attached hydrogen (secondary N) is 1. The van der Waals surface area contributed by atoms with Crippen molar-refractivity contribution < 1.29 is 19.1 Å². The minimum absolute atomic E-state index is 0.0164. The fourth-order valence-electron chi connectivity index (χ4n) is 2.33. The van der Waals surface area contributed by atoms with Gasteiger partial charge in [-0.15, -0.1) is 0 Å². The molecule has 142 valence electrons. The first-order chi connectivity index (χ1) is 13.0. The van der Waals surface area contributed by atoms with Gasteiger partial charge in [0.05, 0.1) is 20.8 Å². The Morgan fingerprint density at radius 3 is 2.41 bits per heavy atom. The number of carbonyl (C=O) groups excluding carboxylic acids is 2. The van der Waals surface area contributed by atoms with Gasteiger partial charge in [-0.05, 0) is 41.5 Å². The Morgan fingerprint density at radius 2 is 1.74 bits per heavy atom. The summed E-state index contributed by atoms with van der Waals surface area (Å²) in [5.74, 6) is 1.00. The van der Waals surface area contributed by atoms with Gasteiger partial charge < -0.3 is 19.7 Å². The van der Waals surface area contributed by atoms with Crippen molar-refractivity contribution in [3.8, 4) is 11.5 Å². The summed E-state index contributed by atoms with van der Waals surface area (Å²) in [6.45, 7) is 0.377. The third-order valence-electron chi connectivity index (χ3n) is 3.92. The van der Waals surface area contributed by atoms with E-state index in [4.69, 9.17) is 9.47 Å². The molecule has 1 N–H and O–H groups in total. The van der Waals surface area contributed by atoms with E-state index in [1.165, 1.54) is 11.0 Å². The fraction of sp³-hybridized carbons (Fsp3) is 0.238. The van der Waals surface area contributed by atoms with Crippen LogP contribution in [-0.4, -0.2) is 44.5 Å². The summed E-state index contributed by atoms with van der Waals surface area (Å²) in [7, 11) is 4.78. The Bertz CT molecular complexity index is 800. The number of benzene rings is 2. The van der Waals surface area contributed by atoms with Crippen LogP contribution in [0.2, 0.25) is 0 Å². The van der Waals surface area contributed by atoms with E-state index in [-0.39, 0.29) is 18.4 Å². The van der Waals surface area contributed by atoms with Crippen LogP contribution < -0.4 is 14.8 Å². The van der Waals surface area contributed by atoms with Crippen LogP contribution >= 0.6 is 0 Å². The number of hydrogen-bond acceptors (Lipinski definition) is 4. The maximum atomic E-state index is 12.2. The van der Waals surface area contributed by atoms with E-state index in [1.54, 1.807) is 27.3 Å². The topological polar surface area (TPSA) is 67.9 Å². The third-order valence-corrected chi connectivity index (χ3v) is 3.92. The predicted octanol–water partition coefficient (Wildman–Crippen LogP) is 2.49. The van der Waals surface area contributed by atoms with Gasteiger partial charge in [0.25, 0.3) is 0 Å². The molecule has 2 rings (SSSR count). The number of likely N-dealkylation sites (N-methyl/N-ethyl adjacent to an activating group) is 1. The molecule has 0 aromatic heterocycles. The van der Waals surface area contributed by atoms with Gasteiger partial charge in [0.15, 0.2) is 0 Å². The van der Waals surface area contributed by atoms with Crippen LogP contribution in [-0.2, 0) is 16.1 Å². The Labute approximate surface area is 159 Å². The van der Waals surface area contributed by atoms with Crippen LogP contribution in [0.4, 0.5) is 0 Å². The lowest BCUT2D eigenvalue weighted by molar-refractivity contribution is -0.131. The van der Waals surface area contributed by atoms with Gasteiger partial charge in [-0.2, -0.15) is 0 Å².